The van der Waals surface area contributed by atoms with Crippen LogP contribution < -0.4 is 0 Å². The van der Waals surface area contributed by atoms with E-state index >= 15 is 0 Å². The third-order valence-electron chi connectivity index (χ3n) is 3.15. The fraction of sp³-hybridized carbons (Fsp3) is 0.462. The van der Waals surface area contributed by atoms with Gasteiger partial charge in [-0.3, -0.25) is 0 Å². The lowest BCUT2D eigenvalue weighted by Gasteiger charge is -1.94. The first-order chi connectivity index (χ1) is 8.70. The van der Waals surface area contributed by atoms with E-state index in [0.717, 1.165) is 28.6 Å². The summed E-state index contributed by atoms with van der Waals surface area (Å²) in [7, 11) is 0. The molecule has 0 unspecified atom stereocenters. The molecule has 2 heterocycles. The van der Waals surface area contributed by atoms with Crippen LogP contribution in [-0.2, 0) is 0 Å². The Bertz CT molecular complexity index is 585. The number of hydrogen-bond donors (Lipinski definition) is 0. The summed E-state index contributed by atoms with van der Waals surface area (Å²) in [5.74, 6) is 1.97. The highest BCUT2D eigenvalue weighted by atomic mass is 32.1. The highest BCUT2D eigenvalue weighted by molar-refractivity contribution is 7.14. The molecular weight excluding hydrogens is 246 g/mol. The first kappa shape index (κ1) is 11.6. The van der Waals surface area contributed by atoms with Crippen LogP contribution in [0.5, 0.6) is 0 Å². The first-order valence-corrected chi connectivity index (χ1v) is 6.98. The summed E-state index contributed by atoms with van der Waals surface area (Å²) in [4.78, 5) is 9.78. The molecule has 1 saturated carbocycles. The van der Waals surface area contributed by atoms with E-state index in [9.17, 15) is 0 Å². The molecule has 0 radical (unpaired) electrons. The third kappa shape index (κ3) is 2.36. The summed E-state index contributed by atoms with van der Waals surface area (Å²) in [5.41, 5.74) is 1.41. The molecule has 1 atom stereocenters. The standard InChI is InChI=1S/C13H15N3OS/c1-8-3-4-10(5-8)6-11-15-12(16-17-11)13-14-7-9(2)18-13/h6-8H,3-5H2,1-2H3/t8-/m0/s1. The number of thiazole rings is 1. The predicted octanol–water partition coefficient (Wildman–Crippen LogP) is 3.70. The summed E-state index contributed by atoms with van der Waals surface area (Å²) in [6.45, 7) is 4.29. The van der Waals surface area contributed by atoms with Crippen molar-refractivity contribution in [1.29, 1.82) is 0 Å². The minimum atomic E-state index is 0.589. The van der Waals surface area contributed by atoms with E-state index in [0.29, 0.717) is 11.7 Å². The number of hydrogen-bond acceptors (Lipinski definition) is 5. The molecule has 1 fully saturated rings. The molecule has 0 saturated heterocycles. The predicted molar refractivity (Wildman–Crippen MR) is 71.1 cm³/mol. The number of rotatable bonds is 2. The quantitative estimate of drug-likeness (QED) is 0.827. The molecule has 4 nitrogen and oxygen atoms in total. The van der Waals surface area contributed by atoms with Gasteiger partial charge in [0.2, 0.25) is 5.82 Å². The van der Waals surface area contributed by atoms with Crippen molar-refractivity contribution in [1.82, 2.24) is 15.1 Å². The summed E-state index contributed by atoms with van der Waals surface area (Å²) in [6, 6.07) is 0. The van der Waals surface area contributed by atoms with Gasteiger partial charge in [0.25, 0.3) is 5.89 Å². The lowest BCUT2D eigenvalue weighted by atomic mass is 10.1. The molecule has 2 aromatic heterocycles. The SMILES string of the molecule is Cc1cnc(-c2noc(C=C3CC[C@H](C)C3)n2)s1. The van der Waals surface area contributed by atoms with Crippen molar-refractivity contribution in [2.24, 2.45) is 5.92 Å². The van der Waals surface area contributed by atoms with Gasteiger partial charge >= 0.3 is 0 Å². The number of aromatic nitrogens is 3. The molecule has 0 amide bonds. The number of aryl methyl sites for hydroxylation is 1. The van der Waals surface area contributed by atoms with Crippen LogP contribution in [0.25, 0.3) is 16.9 Å². The van der Waals surface area contributed by atoms with Crippen LogP contribution >= 0.6 is 11.3 Å². The Morgan fingerprint density at radius 2 is 2.39 bits per heavy atom. The van der Waals surface area contributed by atoms with Gasteiger partial charge < -0.3 is 4.52 Å². The van der Waals surface area contributed by atoms with Crippen LogP contribution in [0.15, 0.2) is 16.3 Å². The Kier molecular flexibility index (Phi) is 2.99. The number of nitrogens with zero attached hydrogens (tertiary/aromatic N) is 3. The van der Waals surface area contributed by atoms with Gasteiger partial charge in [0.1, 0.15) is 0 Å². The molecule has 0 spiro atoms. The van der Waals surface area contributed by atoms with Gasteiger partial charge in [-0.05, 0) is 32.1 Å². The maximum Gasteiger partial charge on any atom is 0.250 e. The Morgan fingerprint density at radius 3 is 3.06 bits per heavy atom. The van der Waals surface area contributed by atoms with E-state index in [1.54, 1.807) is 11.3 Å². The van der Waals surface area contributed by atoms with Crippen LogP contribution in [0.4, 0.5) is 0 Å². The molecule has 0 bridgehead atoms. The second-order valence-electron chi connectivity index (χ2n) is 4.88. The minimum absolute atomic E-state index is 0.589. The van der Waals surface area contributed by atoms with Crippen molar-refractivity contribution in [2.75, 3.05) is 0 Å². The van der Waals surface area contributed by atoms with Crippen LogP contribution in [0.1, 0.15) is 37.0 Å². The van der Waals surface area contributed by atoms with E-state index in [1.807, 2.05) is 19.2 Å². The molecule has 0 N–H and O–H groups in total. The monoisotopic (exact) mass is 261 g/mol. The molecule has 0 aliphatic heterocycles. The van der Waals surface area contributed by atoms with E-state index in [2.05, 4.69) is 22.0 Å². The van der Waals surface area contributed by atoms with Gasteiger partial charge in [-0.1, -0.05) is 17.7 Å². The molecule has 94 valence electrons. The van der Waals surface area contributed by atoms with E-state index in [-0.39, 0.29) is 0 Å². The van der Waals surface area contributed by atoms with Crippen LogP contribution in [0.2, 0.25) is 0 Å². The summed E-state index contributed by atoms with van der Waals surface area (Å²) in [5, 5.41) is 4.80. The lowest BCUT2D eigenvalue weighted by Crippen LogP contribution is -1.81. The molecule has 1 aliphatic carbocycles. The second kappa shape index (κ2) is 4.65. The zero-order chi connectivity index (χ0) is 12.5. The fourth-order valence-corrected chi connectivity index (χ4v) is 2.92. The van der Waals surface area contributed by atoms with Gasteiger partial charge in [-0.15, -0.1) is 11.3 Å². The van der Waals surface area contributed by atoms with Gasteiger partial charge in [0.15, 0.2) is 5.01 Å². The lowest BCUT2D eigenvalue weighted by molar-refractivity contribution is 0.410. The average molecular weight is 261 g/mol. The van der Waals surface area contributed by atoms with E-state index in [1.165, 1.54) is 12.0 Å². The molecule has 0 aromatic carbocycles. The normalized spacial score (nSPS) is 21.9. The summed E-state index contributed by atoms with van der Waals surface area (Å²) >= 11 is 1.58. The van der Waals surface area contributed by atoms with Crippen molar-refractivity contribution < 1.29 is 4.52 Å². The molecular formula is C13H15N3OS. The second-order valence-corrected chi connectivity index (χ2v) is 6.12. The van der Waals surface area contributed by atoms with Crippen molar-refractivity contribution >= 4 is 17.4 Å². The van der Waals surface area contributed by atoms with Gasteiger partial charge in [0.05, 0.1) is 0 Å². The molecule has 5 heteroatoms. The summed E-state index contributed by atoms with van der Waals surface area (Å²) in [6.07, 6.45) is 7.41. The highest BCUT2D eigenvalue weighted by Crippen LogP contribution is 2.31. The zero-order valence-electron chi connectivity index (χ0n) is 10.5. The van der Waals surface area contributed by atoms with Crippen molar-refractivity contribution in [2.45, 2.75) is 33.1 Å². The van der Waals surface area contributed by atoms with Gasteiger partial charge in [0, 0.05) is 17.2 Å². The van der Waals surface area contributed by atoms with Gasteiger partial charge in [-0.25, -0.2) is 4.98 Å². The zero-order valence-corrected chi connectivity index (χ0v) is 11.3. The minimum Gasteiger partial charge on any atom is -0.334 e. The van der Waals surface area contributed by atoms with Crippen LogP contribution in [0, 0.1) is 12.8 Å². The Hall–Kier alpha value is -1.49. The largest absolute Gasteiger partial charge is 0.334 e. The Morgan fingerprint density at radius 1 is 1.50 bits per heavy atom. The number of allylic oxidation sites excluding steroid dienone is 1. The maximum atomic E-state index is 5.25. The molecule has 1 aliphatic rings. The maximum absolute atomic E-state index is 5.25. The highest BCUT2D eigenvalue weighted by Gasteiger charge is 2.16. The van der Waals surface area contributed by atoms with E-state index in [4.69, 9.17) is 4.52 Å². The third-order valence-corrected chi connectivity index (χ3v) is 4.06. The topological polar surface area (TPSA) is 51.8 Å². The fourth-order valence-electron chi connectivity index (χ4n) is 2.23. The smallest absolute Gasteiger partial charge is 0.250 e. The van der Waals surface area contributed by atoms with Crippen molar-refractivity contribution in [3.8, 4) is 10.8 Å². The summed E-state index contributed by atoms with van der Waals surface area (Å²) < 4.78 is 5.25. The van der Waals surface area contributed by atoms with E-state index < -0.39 is 0 Å². The van der Waals surface area contributed by atoms with Crippen molar-refractivity contribution in [3.05, 3.63) is 22.5 Å². The first-order valence-electron chi connectivity index (χ1n) is 6.16. The Balaban J connectivity index is 1.82. The average Bonchev–Trinajstić information content (AvgIpc) is 3.01. The molecule has 18 heavy (non-hydrogen) atoms. The van der Waals surface area contributed by atoms with Crippen LogP contribution in [0.3, 0.4) is 0 Å². The Labute approximate surface area is 110 Å². The van der Waals surface area contributed by atoms with Crippen molar-refractivity contribution in [3.63, 3.8) is 0 Å². The molecule has 2 aromatic rings. The van der Waals surface area contributed by atoms with Gasteiger partial charge in [-0.2, -0.15) is 4.98 Å². The molecule has 3 rings (SSSR count). The van der Waals surface area contributed by atoms with Crippen LogP contribution in [-0.4, -0.2) is 15.1 Å².